The molecule has 0 aromatic heterocycles. The molecule has 0 amide bonds. The third-order valence-corrected chi connectivity index (χ3v) is 1.93. The van der Waals surface area contributed by atoms with Crippen molar-refractivity contribution in [2.75, 3.05) is 0 Å². The average Bonchev–Trinajstić information content (AvgIpc) is 2.05. The standard InChI is InChI=1S/C9H9O3/c1-7(11)9(12)5-3-2-4-8(9)6-10/h2-5,8,12H,1H3. The van der Waals surface area contributed by atoms with Crippen molar-refractivity contribution in [1.82, 2.24) is 0 Å². The van der Waals surface area contributed by atoms with Crippen molar-refractivity contribution in [2.45, 2.75) is 12.5 Å². The third kappa shape index (κ3) is 1.23. The van der Waals surface area contributed by atoms with Gasteiger partial charge in [0.05, 0.1) is 5.92 Å². The molecule has 0 spiro atoms. The molecule has 0 saturated heterocycles. The van der Waals surface area contributed by atoms with Gasteiger partial charge in [0.15, 0.2) is 11.4 Å². The number of allylic oxidation sites excluding steroid dienone is 2. The van der Waals surface area contributed by atoms with Crippen LogP contribution in [0.25, 0.3) is 0 Å². The molecule has 0 aliphatic heterocycles. The van der Waals surface area contributed by atoms with Crippen LogP contribution < -0.4 is 0 Å². The Morgan fingerprint density at radius 2 is 2.25 bits per heavy atom. The van der Waals surface area contributed by atoms with E-state index in [4.69, 9.17) is 0 Å². The van der Waals surface area contributed by atoms with Crippen LogP contribution in [-0.2, 0) is 9.59 Å². The molecule has 1 rings (SSSR count). The molecule has 2 atom stereocenters. The molecular weight excluding hydrogens is 156 g/mol. The molecule has 0 aromatic rings. The van der Waals surface area contributed by atoms with Crippen LogP contribution in [-0.4, -0.2) is 22.8 Å². The first-order valence-corrected chi connectivity index (χ1v) is 3.58. The molecule has 3 nitrogen and oxygen atoms in total. The topological polar surface area (TPSA) is 54.4 Å². The maximum atomic E-state index is 11.0. The van der Waals surface area contributed by atoms with Gasteiger partial charge in [-0.2, -0.15) is 0 Å². The van der Waals surface area contributed by atoms with Gasteiger partial charge in [-0.1, -0.05) is 18.2 Å². The van der Waals surface area contributed by atoms with E-state index in [1.807, 2.05) is 0 Å². The fraction of sp³-hybridized carbons (Fsp3) is 0.333. The highest BCUT2D eigenvalue weighted by Crippen LogP contribution is 2.23. The van der Waals surface area contributed by atoms with Crippen molar-refractivity contribution < 1.29 is 14.7 Å². The predicted molar refractivity (Wildman–Crippen MR) is 43.1 cm³/mol. The first kappa shape index (κ1) is 8.87. The molecule has 0 saturated carbocycles. The lowest BCUT2D eigenvalue weighted by molar-refractivity contribution is -0.132. The van der Waals surface area contributed by atoms with Gasteiger partial charge in [0, 0.05) is 0 Å². The number of aliphatic hydroxyl groups is 1. The highest BCUT2D eigenvalue weighted by atomic mass is 16.3. The molecule has 0 fully saturated rings. The molecule has 1 aliphatic rings. The smallest absolute Gasteiger partial charge is 0.209 e. The van der Waals surface area contributed by atoms with Crippen LogP contribution >= 0.6 is 0 Å². The van der Waals surface area contributed by atoms with Crippen LogP contribution in [0.5, 0.6) is 0 Å². The SMILES string of the molecule is CC(=O)C1(O)C=CC=CC1[C]=O. The summed E-state index contributed by atoms with van der Waals surface area (Å²) >= 11 is 0. The lowest BCUT2D eigenvalue weighted by atomic mass is 9.82. The second-order valence-electron chi connectivity index (χ2n) is 2.72. The van der Waals surface area contributed by atoms with E-state index in [1.165, 1.54) is 25.2 Å². The van der Waals surface area contributed by atoms with Gasteiger partial charge < -0.3 is 5.11 Å². The Balaban J connectivity index is 3.02. The third-order valence-electron chi connectivity index (χ3n) is 1.93. The van der Waals surface area contributed by atoms with Gasteiger partial charge in [-0.25, -0.2) is 0 Å². The van der Waals surface area contributed by atoms with Crippen LogP contribution in [0.2, 0.25) is 0 Å². The zero-order chi connectivity index (χ0) is 9.19. The average molecular weight is 165 g/mol. The zero-order valence-electron chi connectivity index (χ0n) is 6.65. The number of hydrogen-bond donors (Lipinski definition) is 1. The van der Waals surface area contributed by atoms with Crippen LogP contribution in [0.1, 0.15) is 6.92 Å². The van der Waals surface area contributed by atoms with Gasteiger partial charge in [-0.15, -0.1) is 0 Å². The van der Waals surface area contributed by atoms with E-state index >= 15 is 0 Å². The molecular formula is C9H9O3. The van der Waals surface area contributed by atoms with Crippen LogP contribution in [0.4, 0.5) is 0 Å². The number of rotatable bonds is 2. The molecule has 0 heterocycles. The van der Waals surface area contributed by atoms with E-state index in [1.54, 1.807) is 12.4 Å². The monoisotopic (exact) mass is 165 g/mol. The quantitative estimate of drug-likeness (QED) is 0.634. The van der Waals surface area contributed by atoms with Crippen molar-refractivity contribution in [3.63, 3.8) is 0 Å². The number of Topliss-reactive ketones (excluding diaryl/α,β-unsaturated/α-hetero) is 1. The fourth-order valence-corrected chi connectivity index (χ4v) is 1.09. The van der Waals surface area contributed by atoms with E-state index in [-0.39, 0.29) is 0 Å². The van der Waals surface area contributed by atoms with Gasteiger partial charge in [-0.05, 0) is 13.0 Å². The highest BCUT2D eigenvalue weighted by molar-refractivity contribution is 5.91. The maximum absolute atomic E-state index is 11.0. The van der Waals surface area contributed by atoms with E-state index < -0.39 is 17.3 Å². The summed E-state index contributed by atoms with van der Waals surface area (Å²) in [5.74, 6) is -1.32. The fourth-order valence-electron chi connectivity index (χ4n) is 1.09. The maximum Gasteiger partial charge on any atom is 0.209 e. The molecule has 1 N–H and O–H groups in total. The van der Waals surface area contributed by atoms with E-state index in [0.29, 0.717) is 0 Å². The molecule has 0 bridgehead atoms. The van der Waals surface area contributed by atoms with Crippen molar-refractivity contribution in [2.24, 2.45) is 5.92 Å². The zero-order valence-corrected chi connectivity index (χ0v) is 6.65. The molecule has 1 radical (unpaired) electrons. The van der Waals surface area contributed by atoms with Gasteiger partial charge >= 0.3 is 0 Å². The Labute approximate surface area is 70.4 Å². The summed E-state index contributed by atoms with van der Waals surface area (Å²) in [6, 6.07) is 0. The Morgan fingerprint density at radius 1 is 1.58 bits per heavy atom. The van der Waals surface area contributed by atoms with Gasteiger partial charge in [-0.3, -0.25) is 9.59 Å². The Morgan fingerprint density at radius 3 is 2.67 bits per heavy atom. The summed E-state index contributed by atoms with van der Waals surface area (Å²) in [5, 5.41) is 9.66. The van der Waals surface area contributed by atoms with Gasteiger partial charge in [0.25, 0.3) is 0 Å². The summed E-state index contributed by atoms with van der Waals surface area (Å²) in [4.78, 5) is 21.3. The van der Waals surface area contributed by atoms with Crippen LogP contribution in [0.15, 0.2) is 24.3 Å². The van der Waals surface area contributed by atoms with Crippen LogP contribution in [0, 0.1) is 5.92 Å². The summed E-state index contributed by atoms with van der Waals surface area (Å²) in [6.07, 6.45) is 7.52. The number of hydrogen-bond acceptors (Lipinski definition) is 3. The molecule has 12 heavy (non-hydrogen) atoms. The largest absolute Gasteiger partial charge is 0.377 e. The molecule has 2 unspecified atom stereocenters. The van der Waals surface area contributed by atoms with Crippen molar-refractivity contribution in [1.29, 1.82) is 0 Å². The minimum atomic E-state index is -1.68. The summed E-state index contributed by atoms with van der Waals surface area (Å²) < 4.78 is 0. The number of ketones is 1. The Hall–Kier alpha value is -1.22. The normalized spacial score (nSPS) is 33.3. The Bertz CT molecular complexity index is 265. The highest BCUT2D eigenvalue weighted by Gasteiger charge is 2.38. The number of carbonyl (C=O) groups is 1. The second kappa shape index (κ2) is 3.03. The van der Waals surface area contributed by atoms with Crippen molar-refractivity contribution in [3.05, 3.63) is 24.3 Å². The summed E-state index contributed by atoms with van der Waals surface area (Å²) in [5.41, 5.74) is -1.68. The first-order valence-electron chi connectivity index (χ1n) is 3.58. The van der Waals surface area contributed by atoms with Crippen molar-refractivity contribution in [3.8, 4) is 0 Å². The van der Waals surface area contributed by atoms with Gasteiger partial charge in [0.1, 0.15) is 0 Å². The Kier molecular flexibility index (Phi) is 2.24. The predicted octanol–water partition coefficient (Wildman–Crippen LogP) is 0.158. The first-order chi connectivity index (χ1) is 5.61. The lowest BCUT2D eigenvalue weighted by Gasteiger charge is -2.26. The summed E-state index contributed by atoms with van der Waals surface area (Å²) in [7, 11) is 0. The van der Waals surface area contributed by atoms with Crippen LogP contribution in [0.3, 0.4) is 0 Å². The molecule has 63 valence electrons. The van der Waals surface area contributed by atoms with Crippen molar-refractivity contribution >= 4 is 12.1 Å². The second-order valence-corrected chi connectivity index (χ2v) is 2.72. The lowest BCUT2D eigenvalue weighted by Crippen LogP contribution is -2.43. The van der Waals surface area contributed by atoms with Gasteiger partial charge in [0.2, 0.25) is 6.29 Å². The minimum absolute atomic E-state index is 0.448. The van der Waals surface area contributed by atoms with E-state index in [0.717, 1.165) is 0 Å². The van der Waals surface area contributed by atoms with E-state index in [9.17, 15) is 14.7 Å². The van der Waals surface area contributed by atoms with E-state index in [2.05, 4.69) is 0 Å². The minimum Gasteiger partial charge on any atom is -0.377 e. The number of carbonyl (C=O) groups excluding carboxylic acids is 2. The molecule has 1 aliphatic carbocycles. The summed E-state index contributed by atoms with van der Waals surface area (Å²) in [6.45, 7) is 1.24. The molecule has 0 aromatic carbocycles. The molecule has 3 heteroatoms.